The predicted octanol–water partition coefficient (Wildman–Crippen LogP) is 5.36. The van der Waals surface area contributed by atoms with Crippen LogP contribution in [-0.2, 0) is 10.0 Å². The van der Waals surface area contributed by atoms with Gasteiger partial charge in [0.25, 0.3) is 10.0 Å². The van der Waals surface area contributed by atoms with Crippen LogP contribution in [0.25, 0.3) is 10.8 Å². The fourth-order valence-electron chi connectivity index (χ4n) is 3.23. The van der Waals surface area contributed by atoms with Gasteiger partial charge >= 0.3 is 0 Å². The summed E-state index contributed by atoms with van der Waals surface area (Å²) in [6, 6.07) is 25.5. The van der Waals surface area contributed by atoms with Crippen LogP contribution >= 0.6 is 0 Å². The van der Waals surface area contributed by atoms with Crippen LogP contribution < -0.4 is 9.46 Å². The topological polar surface area (TPSA) is 55.4 Å². The molecule has 0 fully saturated rings. The molecule has 0 bridgehead atoms. The molecule has 154 valence electrons. The van der Waals surface area contributed by atoms with Gasteiger partial charge in [-0.15, -0.1) is 0 Å². The van der Waals surface area contributed by atoms with Crippen molar-refractivity contribution in [2.75, 3.05) is 11.8 Å². The largest absolute Gasteiger partial charge is 0.497 e. The van der Waals surface area contributed by atoms with Gasteiger partial charge in [-0.25, -0.2) is 8.42 Å². The summed E-state index contributed by atoms with van der Waals surface area (Å²) in [5, 5.41) is 1.67. The Hall–Kier alpha value is -3.75. The van der Waals surface area contributed by atoms with E-state index < -0.39 is 10.0 Å². The van der Waals surface area contributed by atoms with Gasteiger partial charge in [0.1, 0.15) is 5.75 Å². The quantitative estimate of drug-likeness (QED) is 0.446. The van der Waals surface area contributed by atoms with E-state index in [2.05, 4.69) is 16.6 Å². The first-order valence-corrected chi connectivity index (χ1v) is 11.2. The zero-order valence-electron chi connectivity index (χ0n) is 17.2. The molecule has 0 heterocycles. The van der Waals surface area contributed by atoms with Gasteiger partial charge in [-0.2, -0.15) is 0 Å². The highest BCUT2D eigenvalue weighted by molar-refractivity contribution is 7.92. The van der Waals surface area contributed by atoms with Gasteiger partial charge in [0.15, 0.2) is 0 Å². The average Bonchev–Trinajstić information content (AvgIpc) is 2.79. The monoisotopic (exact) mass is 427 g/mol. The molecule has 0 unspecified atom stereocenters. The van der Waals surface area contributed by atoms with Crippen LogP contribution in [0.5, 0.6) is 5.75 Å². The number of hydrogen-bond acceptors (Lipinski definition) is 3. The molecule has 0 aliphatic rings. The number of methoxy groups -OCH3 is 1. The van der Waals surface area contributed by atoms with Gasteiger partial charge in [0.2, 0.25) is 0 Å². The van der Waals surface area contributed by atoms with Crippen LogP contribution in [0.1, 0.15) is 16.7 Å². The second-order valence-electron chi connectivity index (χ2n) is 7.10. The highest BCUT2D eigenvalue weighted by Gasteiger charge is 2.16. The highest BCUT2D eigenvalue weighted by atomic mass is 32.2. The van der Waals surface area contributed by atoms with Crippen molar-refractivity contribution in [2.45, 2.75) is 11.8 Å². The van der Waals surface area contributed by atoms with Crippen LogP contribution in [0.3, 0.4) is 0 Å². The number of fused-ring (bicyclic) bond motifs is 1. The van der Waals surface area contributed by atoms with Crippen molar-refractivity contribution < 1.29 is 13.2 Å². The minimum absolute atomic E-state index is 0.227. The molecule has 4 rings (SSSR count). The third-order valence-electron chi connectivity index (χ3n) is 4.93. The lowest BCUT2D eigenvalue weighted by molar-refractivity contribution is 0.415. The maximum absolute atomic E-state index is 12.9. The van der Waals surface area contributed by atoms with Crippen molar-refractivity contribution >= 4 is 26.5 Å². The third-order valence-corrected chi connectivity index (χ3v) is 6.31. The Kier molecular flexibility index (Phi) is 5.66. The van der Waals surface area contributed by atoms with Crippen LogP contribution in [0.15, 0.2) is 89.8 Å². The van der Waals surface area contributed by atoms with E-state index in [-0.39, 0.29) is 4.90 Å². The first kappa shape index (κ1) is 20.5. The molecule has 4 nitrogen and oxygen atoms in total. The van der Waals surface area contributed by atoms with Gasteiger partial charge in [0, 0.05) is 16.5 Å². The molecular weight excluding hydrogens is 406 g/mol. The Bertz CT molecular complexity index is 1400. The van der Waals surface area contributed by atoms with Gasteiger partial charge in [-0.3, -0.25) is 4.72 Å². The zero-order chi connectivity index (χ0) is 21.8. The van der Waals surface area contributed by atoms with Crippen LogP contribution in [0, 0.1) is 18.8 Å². The molecule has 1 N–H and O–H groups in total. The van der Waals surface area contributed by atoms with E-state index in [1.807, 2.05) is 61.5 Å². The molecule has 4 aromatic carbocycles. The van der Waals surface area contributed by atoms with Crippen LogP contribution in [0.4, 0.5) is 5.69 Å². The molecule has 0 aliphatic carbocycles. The summed E-state index contributed by atoms with van der Waals surface area (Å²) < 4.78 is 33.6. The summed E-state index contributed by atoms with van der Waals surface area (Å²) in [6.45, 7) is 1.92. The molecule has 0 atom stereocenters. The first-order valence-electron chi connectivity index (χ1n) is 9.73. The molecule has 0 aliphatic heterocycles. The summed E-state index contributed by atoms with van der Waals surface area (Å²) in [7, 11) is -2.07. The Morgan fingerprint density at radius 3 is 2.13 bits per heavy atom. The highest BCUT2D eigenvalue weighted by Crippen LogP contribution is 2.28. The van der Waals surface area contributed by atoms with Crippen molar-refractivity contribution in [3.8, 4) is 17.6 Å². The summed E-state index contributed by atoms with van der Waals surface area (Å²) in [4.78, 5) is 0.227. The second-order valence-corrected chi connectivity index (χ2v) is 8.79. The number of benzene rings is 4. The predicted molar refractivity (Wildman–Crippen MR) is 125 cm³/mol. The SMILES string of the molecule is COc1ccc(C#Cc2ccc(NS(=O)(=O)c3ccc(C)cc3)c3ccccc23)cc1. The zero-order valence-corrected chi connectivity index (χ0v) is 18.0. The molecule has 5 heteroatoms. The van der Waals surface area contributed by atoms with Crippen molar-refractivity contribution in [3.63, 3.8) is 0 Å². The van der Waals surface area contributed by atoms with E-state index in [0.29, 0.717) is 5.69 Å². The van der Waals surface area contributed by atoms with Gasteiger partial charge in [0.05, 0.1) is 17.7 Å². The summed E-state index contributed by atoms with van der Waals surface area (Å²) in [5.41, 5.74) is 3.22. The summed E-state index contributed by atoms with van der Waals surface area (Å²) in [5.74, 6) is 7.14. The number of hydrogen-bond donors (Lipinski definition) is 1. The Balaban J connectivity index is 1.70. The van der Waals surface area contributed by atoms with Gasteiger partial charge in [-0.1, -0.05) is 53.8 Å². The molecule has 0 aromatic heterocycles. The van der Waals surface area contributed by atoms with E-state index in [4.69, 9.17) is 4.74 Å². The number of sulfonamides is 1. The lowest BCUT2D eigenvalue weighted by Gasteiger charge is -2.12. The van der Waals surface area contributed by atoms with Crippen molar-refractivity contribution in [3.05, 3.63) is 102 Å². The van der Waals surface area contributed by atoms with Crippen molar-refractivity contribution in [2.24, 2.45) is 0 Å². The fourth-order valence-corrected chi connectivity index (χ4v) is 4.31. The lowest BCUT2D eigenvalue weighted by Crippen LogP contribution is -2.13. The fraction of sp³-hybridized carbons (Fsp3) is 0.0769. The van der Waals surface area contributed by atoms with Crippen molar-refractivity contribution in [1.82, 2.24) is 0 Å². The smallest absolute Gasteiger partial charge is 0.261 e. The Morgan fingerprint density at radius 2 is 1.45 bits per heavy atom. The molecule has 0 spiro atoms. The lowest BCUT2D eigenvalue weighted by atomic mass is 10.0. The summed E-state index contributed by atoms with van der Waals surface area (Å²) in [6.07, 6.45) is 0. The number of ether oxygens (including phenoxy) is 1. The van der Waals surface area contributed by atoms with Crippen molar-refractivity contribution in [1.29, 1.82) is 0 Å². The standard InChI is InChI=1S/C26H21NO3S/c1-19-7-16-23(17-8-19)31(28,29)27-26-18-13-21(24-5-3-4-6-25(24)26)12-9-20-10-14-22(30-2)15-11-20/h3-8,10-11,13-18,27H,1-2H3. The second kappa shape index (κ2) is 8.55. The van der Waals surface area contributed by atoms with E-state index in [1.54, 1.807) is 37.4 Å². The molecule has 0 saturated heterocycles. The van der Waals surface area contributed by atoms with E-state index in [0.717, 1.165) is 33.2 Å². The van der Waals surface area contributed by atoms with E-state index in [9.17, 15) is 8.42 Å². The normalized spacial score (nSPS) is 10.9. The van der Waals surface area contributed by atoms with Gasteiger partial charge < -0.3 is 4.74 Å². The Labute approximate surface area is 182 Å². The average molecular weight is 428 g/mol. The number of anilines is 1. The molecular formula is C26H21NO3S. The Morgan fingerprint density at radius 1 is 0.774 bits per heavy atom. The van der Waals surface area contributed by atoms with Crippen LogP contribution in [0.2, 0.25) is 0 Å². The maximum atomic E-state index is 12.9. The number of rotatable bonds is 4. The molecule has 31 heavy (non-hydrogen) atoms. The first-order chi connectivity index (χ1) is 15.0. The van der Waals surface area contributed by atoms with E-state index in [1.165, 1.54) is 0 Å². The minimum atomic E-state index is -3.69. The molecule has 0 radical (unpaired) electrons. The molecule has 0 saturated carbocycles. The number of aryl methyl sites for hydroxylation is 1. The van der Waals surface area contributed by atoms with Gasteiger partial charge in [-0.05, 0) is 60.8 Å². The summed E-state index contributed by atoms with van der Waals surface area (Å²) >= 11 is 0. The van der Waals surface area contributed by atoms with E-state index >= 15 is 0 Å². The molecule has 0 amide bonds. The minimum Gasteiger partial charge on any atom is -0.497 e. The third kappa shape index (κ3) is 4.55. The maximum Gasteiger partial charge on any atom is 0.261 e. The van der Waals surface area contributed by atoms with Crippen LogP contribution in [-0.4, -0.2) is 15.5 Å². The molecule has 4 aromatic rings. The number of nitrogens with one attached hydrogen (secondary N) is 1.